The normalized spacial score (nSPS) is 21.7. The number of carbonyl (C=O) groups excluding carboxylic acids is 3. The molecule has 0 heterocycles. The van der Waals surface area contributed by atoms with E-state index in [0.717, 1.165) is 27.8 Å². The Morgan fingerprint density at radius 2 is 1.66 bits per heavy atom. The topological polar surface area (TPSA) is 155 Å². The number of phenolic OH excluding ortho intramolecular Hbond substituents is 1. The molecular weight excluding hydrogens is 484 g/mol. The largest absolute Gasteiger partial charge is 0.507 e. The van der Waals surface area contributed by atoms with E-state index in [2.05, 4.69) is 19.9 Å². The van der Waals surface area contributed by atoms with Crippen LogP contribution in [0.5, 0.6) is 5.75 Å². The lowest BCUT2D eigenvalue weighted by molar-refractivity contribution is -0.134. The molecule has 1 fully saturated rings. The molecule has 7 nitrogen and oxygen atoms in total. The summed E-state index contributed by atoms with van der Waals surface area (Å²) in [6.07, 6.45) is 2.85. The van der Waals surface area contributed by atoms with Crippen LogP contribution in [0.15, 0.2) is 53.1 Å². The van der Waals surface area contributed by atoms with Gasteiger partial charge in [0.15, 0.2) is 17.3 Å². The smallest absolute Gasteiger partial charge is 0.177 e. The Morgan fingerprint density at radius 1 is 1.00 bits per heavy atom. The highest BCUT2D eigenvalue weighted by molar-refractivity contribution is 6.28. The quantitative estimate of drug-likeness (QED) is 0.409. The van der Waals surface area contributed by atoms with Gasteiger partial charge < -0.3 is 21.2 Å². The molecule has 6 N–H and O–H groups in total. The van der Waals surface area contributed by atoms with Crippen LogP contribution in [0.25, 0.3) is 16.9 Å². The predicted octanol–water partition coefficient (Wildman–Crippen LogP) is 5.15. The Hall–Kier alpha value is -3.55. The van der Waals surface area contributed by atoms with Crippen molar-refractivity contribution in [3.8, 4) is 16.9 Å². The van der Waals surface area contributed by atoms with Crippen LogP contribution < -0.4 is 0 Å². The summed E-state index contributed by atoms with van der Waals surface area (Å²) < 4.78 is 0. The summed E-state index contributed by atoms with van der Waals surface area (Å²) in [6, 6.07) is 11.4. The van der Waals surface area contributed by atoms with Crippen LogP contribution in [0.3, 0.4) is 0 Å². The molecule has 38 heavy (non-hydrogen) atoms. The summed E-state index contributed by atoms with van der Waals surface area (Å²) in [5, 5.41) is 21.9. The first kappa shape index (κ1) is 30.7. The van der Waals surface area contributed by atoms with E-state index < -0.39 is 17.5 Å². The van der Waals surface area contributed by atoms with Gasteiger partial charge in [0.25, 0.3) is 0 Å². The highest BCUT2D eigenvalue weighted by Crippen LogP contribution is 2.51. The number of hydrogen-bond acceptors (Lipinski definition) is 5. The molecule has 0 bridgehead atoms. The number of hydrogen-bond donors (Lipinski definition) is 2. The van der Waals surface area contributed by atoms with E-state index in [0.29, 0.717) is 19.3 Å². The fourth-order valence-corrected chi connectivity index (χ4v) is 6.14. The lowest BCUT2D eigenvalue weighted by Gasteiger charge is -2.41. The third kappa shape index (κ3) is 5.08. The Morgan fingerprint density at radius 3 is 2.26 bits per heavy atom. The second-order valence-corrected chi connectivity index (χ2v) is 10.3. The fraction of sp³-hybridized carbons (Fsp3) is 0.387. The number of fused-ring (bicyclic) bond motifs is 3. The Bertz CT molecular complexity index is 1340. The van der Waals surface area contributed by atoms with Crippen LogP contribution in [0.2, 0.25) is 0 Å². The highest BCUT2D eigenvalue weighted by Gasteiger charge is 2.50. The number of aromatic hydroxyl groups is 1. The van der Waals surface area contributed by atoms with Crippen molar-refractivity contribution in [1.29, 1.82) is 0 Å². The van der Waals surface area contributed by atoms with Gasteiger partial charge in [0.1, 0.15) is 11.5 Å². The minimum absolute atomic E-state index is 0. The first-order chi connectivity index (χ1) is 17.1. The standard InChI is InChI=1S/C28H26O5.C3H8.2H2O.2H2/c1-13-5-4-6-16(9-13)19-7-8-21(30)25-20(19)12-18-11-17-10-14(2)22(15(3)29)26(31)23(17)27(32)24(18)28(25)33;1-3-2;;;;/h4-9,17-18,23,30,33H,10-12H2,1-3H3;3H2,1-2H3;2*1H2;2*1H. The number of aliphatic hydroxyl groups is 1. The Labute approximate surface area is 226 Å². The van der Waals surface area contributed by atoms with Gasteiger partial charge in [0, 0.05) is 8.43 Å². The zero-order chi connectivity index (χ0) is 26.3. The average Bonchev–Trinajstić information content (AvgIpc) is 2.79. The van der Waals surface area contributed by atoms with Crippen molar-refractivity contribution in [2.45, 2.75) is 60.3 Å². The third-order valence-electron chi connectivity index (χ3n) is 7.45. The highest BCUT2D eigenvalue weighted by atomic mass is 16.3. The minimum atomic E-state index is -0.940. The summed E-state index contributed by atoms with van der Waals surface area (Å²) >= 11 is 0. The molecule has 208 valence electrons. The summed E-state index contributed by atoms with van der Waals surface area (Å²) in [5.74, 6) is -2.84. The van der Waals surface area contributed by atoms with Crippen LogP contribution in [0.4, 0.5) is 0 Å². The number of carbonyl (C=O) groups is 3. The Balaban J connectivity index is 0.00000208. The molecule has 0 saturated heterocycles. The van der Waals surface area contributed by atoms with Crippen LogP contribution in [-0.4, -0.2) is 38.5 Å². The van der Waals surface area contributed by atoms with Gasteiger partial charge in [-0.05, 0) is 74.6 Å². The van der Waals surface area contributed by atoms with Crippen molar-refractivity contribution >= 4 is 23.1 Å². The summed E-state index contributed by atoms with van der Waals surface area (Å²) in [6.45, 7) is 9.41. The molecule has 0 amide bonds. The molecule has 0 aliphatic heterocycles. The fourth-order valence-electron chi connectivity index (χ4n) is 6.14. The average molecular weight is 527 g/mol. The third-order valence-corrected chi connectivity index (χ3v) is 7.45. The van der Waals surface area contributed by atoms with E-state index in [1.165, 1.54) is 19.4 Å². The summed E-state index contributed by atoms with van der Waals surface area (Å²) in [5.41, 5.74) is 5.19. The van der Waals surface area contributed by atoms with Crippen LogP contribution in [-0.2, 0) is 20.8 Å². The number of aliphatic hydroxyl groups excluding tert-OH is 1. The number of phenols is 1. The zero-order valence-corrected chi connectivity index (χ0v) is 22.6. The van der Waals surface area contributed by atoms with Gasteiger partial charge in [-0.25, -0.2) is 0 Å². The lowest BCUT2D eigenvalue weighted by Crippen LogP contribution is -2.45. The number of Topliss-reactive ketones (excluding diaryl/α,β-unsaturated/α-hetero) is 3. The lowest BCUT2D eigenvalue weighted by atomic mass is 9.60. The van der Waals surface area contributed by atoms with Gasteiger partial charge in [0.05, 0.1) is 17.1 Å². The minimum Gasteiger partial charge on any atom is -0.507 e. The molecule has 5 rings (SSSR count). The molecule has 0 aromatic heterocycles. The molecule has 0 spiro atoms. The van der Waals surface area contributed by atoms with Crippen LogP contribution in [0.1, 0.15) is 66.5 Å². The van der Waals surface area contributed by atoms with Crippen molar-refractivity contribution in [1.82, 2.24) is 0 Å². The maximum absolute atomic E-state index is 13.6. The van der Waals surface area contributed by atoms with Gasteiger partial charge in [-0.3, -0.25) is 14.4 Å². The summed E-state index contributed by atoms with van der Waals surface area (Å²) in [4.78, 5) is 38.8. The first-order valence-corrected chi connectivity index (χ1v) is 12.7. The summed E-state index contributed by atoms with van der Waals surface area (Å²) in [7, 11) is 0. The van der Waals surface area contributed by atoms with Crippen LogP contribution >= 0.6 is 0 Å². The van der Waals surface area contributed by atoms with E-state index >= 15 is 0 Å². The van der Waals surface area contributed by atoms with Gasteiger partial charge in [-0.1, -0.05) is 61.7 Å². The molecule has 2 aromatic carbocycles. The monoisotopic (exact) mass is 526 g/mol. The van der Waals surface area contributed by atoms with E-state index in [9.17, 15) is 24.6 Å². The van der Waals surface area contributed by atoms with E-state index in [4.69, 9.17) is 0 Å². The maximum Gasteiger partial charge on any atom is 0.177 e. The SMILES string of the molecule is CC(=O)C1=C(C)CC2CC3Cc4c(-c5cccc(C)c5)ccc(O)c4C(O)=C3C(=O)C2C1=O.CCC.O.O.[HH].[HH]. The molecule has 3 unspecified atom stereocenters. The zero-order valence-electron chi connectivity index (χ0n) is 22.6. The van der Waals surface area contributed by atoms with Gasteiger partial charge >= 0.3 is 0 Å². The van der Waals surface area contributed by atoms with Crippen molar-refractivity contribution in [3.63, 3.8) is 0 Å². The molecule has 3 atom stereocenters. The number of benzene rings is 2. The van der Waals surface area contributed by atoms with Crippen molar-refractivity contribution in [2.75, 3.05) is 0 Å². The molecule has 7 heteroatoms. The van der Waals surface area contributed by atoms with E-state index in [-0.39, 0.29) is 59.6 Å². The first-order valence-electron chi connectivity index (χ1n) is 12.7. The second kappa shape index (κ2) is 11.9. The second-order valence-electron chi connectivity index (χ2n) is 10.3. The van der Waals surface area contributed by atoms with Crippen molar-refractivity contribution in [2.24, 2.45) is 17.8 Å². The van der Waals surface area contributed by atoms with Gasteiger partial charge in [-0.15, -0.1) is 0 Å². The number of ketones is 3. The number of rotatable bonds is 2. The molecular formula is C31H42O7. The number of allylic oxidation sites excluding steroid dienone is 3. The van der Waals surface area contributed by atoms with Gasteiger partial charge in [-0.2, -0.15) is 0 Å². The molecule has 3 aliphatic rings. The molecule has 1 saturated carbocycles. The molecule has 3 aliphatic carbocycles. The molecule has 0 radical (unpaired) electrons. The number of aryl methyl sites for hydroxylation is 1. The Kier molecular flexibility index (Phi) is 9.59. The molecule has 2 aromatic rings. The van der Waals surface area contributed by atoms with E-state index in [1.54, 1.807) is 6.92 Å². The van der Waals surface area contributed by atoms with Crippen molar-refractivity contribution < 1.29 is 38.4 Å². The van der Waals surface area contributed by atoms with Crippen molar-refractivity contribution in [3.05, 3.63) is 69.8 Å². The van der Waals surface area contributed by atoms with Gasteiger partial charge in [0.2, 0.25) is 0 Å². The predicted molar refractivity (Wildman–Crippen MR) is 152 cm³/mol. The van der Waals surface area contributed by atoms with E-state index in [1.807, 2.05) is 31.2 Å². The van der Waals surface area contributed by atoms with Crippen LogP contribution in [0, 0.1) is 24.7 Å². The maximum atomic E-state index is 13.6.